The van der Waals surface area contributed by atoms with Gasteiger partial charge in [-0.1, -0.05) is 47.1 Å². The molecule has 3 rings (SSSR count). The van der Waals surface area contributed by atoms with Gasteiger partial charge in [-0.15, -0.1) is 0 Å². The SMILES string of the molecule is CCCN1C(=O)C(=O)/C(=C(\O)c2ccc(Br)cc2)C1c1ccc(OCC)cc1. The van der Waals surface area contributed by atoms with E-state index in [2.05, 4.69) is 15.9 Å². The van der Waals surface area contributed by atoms with Crippen molar-refractivity contribution in [2.24, 2.45) is 0 Å². The Hall–Kier alpha value is -2.60. The number of ketones is 1. The van der Waals surface area contributed by atoms with Crippen molar-refractivity contribution in [3.8, 4) is 5.75 Å². The molecule has 0 bridgehead atoms. The number of likely N-dealkylation sites (tertiary alicyclic amines) is 1. The minimum atomic E-state index is -0.659. The molecule has 0 aromatic heterocycles. The Morgan fingerprint density at radius 1 is 1.07 bits per heavy atom. The summed E-state index contributed by atoms with van der Waals surface area (Å²) in [4.78, 5) is 27.0. The maximum Gasteiger partial charge on any atom is 0.295 e. The second-order valence-corrected chi connectivity index (χ2v) is 7.42. The number of hydrogen-bond donors (Lipinski definition) is 1. The fraction of sp³-hybridized carbons (Fsp3) is 0.273. The number of ether oxygens (including phenoxy) is 1. The first-order valence-corrected chi connectivity index (χ1v) is 10.0. The van der Waals surface area contributed by atoms with Crippen molar-refractivity contribution in [2.75, 3.05) is 13.2 Å². The molecule has 28 heavy (non-hydrogen) atoms. The van der Waals surface area contributed by atoms with Crippen LogP contribution in [-0.4, -0.2) is 34.8 Å². The molecule has 6 heteroatoms. The third-order valence-electron chi connectivity index (χ3n) is 4.63. The van der Waals surface area contributed by atoms with E-state index >= 15 is 0 Å². The molecule has 1 heterocycles. The zero-order chi connectivity index (χ0) is 20.3. The average molecular weight is 444 g/mol. The van der Waals surface area contributed by atoms with Crippen molar-refractivity contribution in [3.63, 3.8) is 0 Å². The van der Waals surface area contributed by atoms with Crippen LogP contribution in [0.15, 0.2) is 58.6 Å². The molecule has 0 spiro atoms. The maximum atomic E-state index is 12.8. The van der Waals surface area contributed by atoms with Gasteiger partial charge in [0.2, 0.25) is 0 Å². The highest BCUT2D eigenvalue weighted by molar-refractivity contribution is 9.10. The lowest BCUT2D eigenvalue weighted by Crippen LogP contribution is -2.30. The summed E-state index contributed by atoms with van der Waals surface area (Å²) in [5.41, 5.74) is 1.37. The number of carbonyl (C=O) groups excluding carboxylic acids is 2. The van der Waals surface area contributed by atoms with Crippen LogP contribution in [0.4, 0.5) is 0 Å². The molecule has 1 amide bonds. The molecule has 5 nitrogen and oxygen atoms in total. The van der Waals surface area contributed by atoms with Crippen molar-refractivity contribution < 1.29 is 19.4 Å². The summed E-state index contributed by atoms with van der Waals surface area (Å²) >= 11 is 3.36. The molecule has 2 aromatic carbocycles. The van der Waals surface area contributed by atoms with Gasteiger partial charge >= 0.3 is 0 Å². The highest BCUT2D eigenvalue weighted by Crippen LogP contribution is 2.39. The summed E-state index contributed by atoms with van der Waals surface area (Å²) in [5, 5.41) is 10.9. The summed E-state index contributed by atoms with van der Waals surface area (Å²) in [6.07, 6.45) is 0.707. The van der Waals surface area contributed by atoms with Crippen molar-refractivity contribution in [1.82, 2.24) is 4.90 Å². The number of rotatable bonds is 6. The lowest BCUT2D eigenvalue weighted by molar-refractivity contribution is -0.139. The van der Waals surface area contributed by atoms with Gasteiger partial charge in [0.1, 0.15) is 11.5 Å². The van der Waals surface area contributed by atoms with Gasteiger partial charge in [0.15, 0.2) is 0 Å². The molecular formula is C22H22BrNO4. The number of nitrogens with zero attached hydrogens (tertiary/aromatic N) is 1. The molecule has 1 unspecified atom stereocenters. The van der Waals surface area contributed by atoms with Crippen molar-refractivity contribution >= 4 is 33.4 Å². The number of benzene rings is 2. The molecule has 1 atom stereocenters. The Bertz CT molecular complexity index is 903. The van der Waals surface area contributed by atoms with Crippen LogP contribution in [0.25, 0.3) is 5.76 Å². The van der Waals surface area contributed by atoms with E-state index in [1.807, 2.05) is 38.1 Å². The molecule has 1 saturated heterocycles. The van der Waals surface area contributed by atoms with E-state index in [4.69, 9.17) is 4.74 Å². The molecule has 2 aromatic rings. The van der Waals surface area contributed by atoms with Crippen LogP contribution in [0.2, 0.25) is 0 Å². The summed E-state index contributed by atoms with van der Waals surface area (Å²) in [7, 11) is 0. The van der Waals surface area contributed by atoms with Gasteiger partial charge < -0.3 is 14.7 Å². The fourth-order valence-electron chi connectivity index (χ4n) is 3.37. The third kappa shape index (κ3) is 3.83. The van der Waals surface area contributed by atoms with E-state index in [9.17, 15) is 14.7 Å². The summed E-state index contributed by atoms with van der Waals surface area (Å²) in [6, 6.07) is 13.6. The van der Waals surface area contributed by atoms with Crippen LogP contribution in [0.3, 0.4) is 0 Å². The Kier molecular flexibility index (Phi) is 6.19. The van der Waals surface area contributed by atoms with Crippen LogP contribution in [-0.2, 0) is 9.59 Å². The highest BCUT2D eigenvalue weighted by atomic mass is 79.9. The zero-order valence-electron chi connectivity index (χ0n) is 15.8. The summed E-state index contributed by atoms with van der Waals surface area (Å²) in [6.45, 7) is 4.84. The van der Waals surface area contributed by atoms with Gasteiger partial charge in [0, 0.05) is 16.6 Å². The van der Waals surface area contributed by atoms with Gasteiger partial charge in [-0.2, -0.15) is 0 Å². The monoisotopic (exact) mass is 443 g/mol. The third-order valence-corrected chi connectivity index (χ3v) is 5.16. The summed E-state index contributed by atoms with van der Waals surface area (Å²) in [5.74, 6) is -0.693. The molecule has 146 valence electrons. The van der Waals surface area contributed by atoms with Gasteiger partial charge in [-0.05, 0) is 43.2 Å². The number of amides is 1. The number of aliphatic hydroxyl groups is 1. The van der Waals surface area contributed by atoms with Crippen molar-refractivity contribution in [1.29, 1.82) is 0 Å². The maximum absolute atomic E-state index is 12.8. The van der Waals surface area contributed by atoms with Gasteiger partial charge in [-0.25, -0.2) is 0 Å². The Morgan fingerprint density at radius 2 is 1.71 bits per heavy atom. The number of carbonyl (C=O) groups is 2. The predicted molar refractivity (Wildman–Crippen MR) is 111 cm³/mol. The van der Waals surface area contributed by atoms with Crippen molar-refractivity contribution in [3.05, 3.63) is 69.7 Å². The zero-order valence-corrected chi connectivity index (χ0v) is 17.4. The van der Waals surface area contributed by atoms with Gasteiger partial charge in [-0.3, -0.25) is 9.59 Å². The molecule has 1 aliphatic heterocycles. The second-order valence-electron chi connectivity index (χ2n) is 6.50. The number of hydrogen-bond acceptors (Lipinski definition) is 4. The fourth-order valence-corrected chi connectivity index (χ4v) is 3.64. The van der Waals surface area contributed by atoms with Gasteiger partial charge in [0.05, 0.1) is 18.2 Å². The summed E-state index contributed by atoms with van der Waals surface area (Å²) < 4.78 is 6.34. The van der Waals surface area contributed by atoms with Crippen LogP contribution in [0.5, 0.6) is 5.75 Å². The van der Waals surface area contributed by atoms with E-state index in [1.165, 1.54) is 4.90 Å². The molecule has 0 radical (unpaired) electrons. The standard InChI is InChI=1S/C22H22BrNO4/c1-3-13-24-19(14-7-11-17(12-8-14)28-4-2)18(21(26)22(24)27)20(25)15-5-9-16(23)10-6-15/h5-12,19,25H,3-4,13H2,1-2H3/b20-18-. The Morgan fingerprint density at radius 3 is 2.29 bits per heavy atom. The molecule has 0 saturated carbocycles. The first kappa shape index (κ1) is 20.1. The highest BCUT2D eigenvalue weighted by Gasteiger charge is 2.45. The second kappa shape index (κ2) is 8.61. The first-order valence-electron chi connectivity index (χ1n) is 9.25. The smallest absolute Gasteiger partial charge is 0.295 e. The Balaban J connectivity index is 2.11. The molecule has 0 aliphatic carbocycles. The average Bonchev–Trinajstić information content (AvgIpc) is 2.94. The van der Waals surface area contributed by atoms with Crippen LogP contribution in [0, 0.1) is 0 Å². The van der Waals surface area contributed by atoms with Crippen LogP contribution < -0.4 is 4.74 Å². The number of Topliss-reactive ketones (excluding diaryl/α,β-unsaturated/α-hetero) is 1. The normalized spacial score (nSPS) is 18.5. The molecule has 1 fully saturated rings. The lowest BCUT2D eigenvalue weighted by atomic mass is 9.95. The molecule has 1 aliphatic rings. The minimum absolute atomic E-state index is 0.116. The molecule has 1 N–H and O–H groups in total. The Labute approximate surface area is 172 Å². The number of halogens is 1. The first-order chi connectivity index (χ1) is 13.5. The van der Waals surface area contributed by atoms with Gasteiger partial charge in [0.25, 0.3) is 11.7 Å². The van der Waals surface area contributed by atoms with E-state index in [-0.39, 0.29) is 11.3 Å². The van der Waals surface area contributed by atoms with E-state index < -0.39 is 17.7 Å². The van der Waals surface area contributed by atoms with E-state index in [1.54, 1.807) is 24.3 Å². The van der Waals surface area contributed by atoms with E-state index in [0.29, 0.717) is 30.9 Å². The minimum Gasteiger partial charge on any atom is -0.507 e. The quantitative estimate of drug-likeness (QED) is 0.399. The topological polar surface area (TPSA) is 66.8 Å². The largest absolute Gasteiger partial charge is 0.507 e. The molecular weight excluding hydrogens is 422 g/mol. The van der Waals surface area contributed by atoms with Crippen molar-refractivity contribution in [2.45, 2.75) is 26.3 Å². The number of aliphatic hydroxyl groups excluding tert-OH is 1. The predicted octanol–water partition coefficient (Wildman–Crippen LogP) is 4.68. The van der Waals surface area contributed by atoms with Crippen LogP contribution >= 0.6 is 15.9 Å². The van der Waals surface area contributed by atoms with E-state index in [0.717, 1.165) is 10.0 Å². The van der Waals surface area contributed by atoms with Crippen LogP contribution in [0.1, 0.15) is 37.4 Å². The lowest BCUT2D eigenvalue weighted by Gasteiger charge is -2.25.